The molecular weight excluding hydrogens is 176 g/mol. The quantitative estimate of drug-likeness (QED) is 0.661. The third-order valence-electron chi connectivity index (χ3n) is 1.51. The first kappa shape index (κ1) is 7.35. The van der Waals surface area contributed by atoms with Gasteiger partial charge in [0, 0.05) is 6.07 Å². The molecule has 1 amide bonds. The summed E-state index contributed by atoms with van der Waals surface area (Å²) in [6, 6.07) is 1.66. The number of amidine groups is 1. The molecule has 0 aliphatic carbocycles. The standard InChI is InChI=1S/C6H6N4OS/c7-6-10(5(11)3-12-6)4-1-2-8-9-4/h1-2,7H,3H2,(H,8,9). The number of rotatable bonds is 1. The maximum absolute atomic E-state index is 11.2. The molecule has 0 aromatic carbocycles. The van der Waals surface area contributed by atoms with E-state index in [0.717, 1.165) is 0 Å². The third-order valence-corrected chi connectivity index (χ3v) is 2.36. The number of nitrogens with zero attached hydrogens (tertiary/aromatic N) is 2. The fourth-order valence-electron chi connectivity index (χ4n) is 0.989. The van der Waals surface area contributed by atoms with Crippen molar-refractivity contribution in [3.63, 3.8) is 0 Å². The predicted molar refractivity (Wildman–Crippen MR) is 46.3 cm³/mol. The van der Waals surface area contributed by atoms with E-state index in [-0.39, 0.29) is 11.1 Å². The monoisotopic (exact) mass is 182 g/mol. The van der Waals surface area contributed by atoms with Crippen molar-refractivity contribution in [1.29, 1.82) is 5.41 Å². The first-order chi connectivity index (χ1) is 5.79. The number of carbonyl (C=O) groups excluding carboxylic acids is 1. The Morgan fingerprint density at radius 1 is 1.75 bits per heavy atom. The highest BCUT2D eigenvalue weighted by molar-refractivity contribution is 8.15. The lowest BCUT2D eigenvalue weighted by Gasteiger charge is -2.10. The Bertz CT molecular complexity index is 304. The van der Waals surface area contributed by atoms with E-state index in [1.165, 1.54) is 16.7 Å². The molecule has 1 aliphatic heterocycles. The van der Waals surface area contributed by atoms with E-state index in [0.29, 0.717) is 11.6 Å². The number of amides is 1. The van der Waals surface area contributed by atoms with Crippen LogP contribution in [0.1, 0.15) is 0 Å². The van der Waals surface area contributed by atoms with Crippen LogP contribution in [0.25, 0.3) is 0 Å². The molecule has 1 saturated heterocycles. The molecule has 2 N–H and O–H groups in total. The highest BCUT2D eigenvalue weighted by atomic mass is 32.2. The molecule has 1 fully saturated rings. The highest BCUT2D eigenvalue weighted by Crippen LogP contribution is 2.22. The van der Waals surface area contributed by atoms with Crippen molar-refractivity contribution in [2.24, 2.45) is 0 Å². The van der Waals surface area contributed by atoms with Gasteiger partial charge < -0.3 is 0 Å². The second-order valence-electron chi connectivity index (χ2n) is 2.26. The normalized spacial score (nSPS) is 17.5. The van der Waals surface area contributed by atoms with Gasteiger partial charge >= 0.3 is 0 Å². The molecule has 0 spiro atoms. The van der Waals surface area contributed by atoms with Crippen LogP contribution in [0.2, 0.25) is 0 Å². The molecule has 2 rings (SSSR count). The number of H-pyrrole nitrogens is 1. The number of anilines is 1. The van der Waals surface area contributed by atoms with E-state index < -0.39 is 0 Å². The SMILES string of the molecule is N=C1SCC(=O)N1c1ccn[nH]1. The van der Waals surface area contributed by atoms with Crippen LogP contribution in [-0.4, -0.2) is 27.0 Å². The molecule has 5 nitrogen and oxygen atoms in total. The maximum atomic E-state index is 11.2. The number of aromatic amines is 1. The van der Waals surface area contributed by atoms with Gasteiger partial charge in [0.15, 0.2) is 5.17 Å². The van der Waals surface area contributed by atoms with Gasteiger partial charge in [-0.15, -0.1) is 0 Å². The Kier molecular flexibility index (Phi) is 1.61. The summed E-state index contributed by atoms with van der Waals surface area (Å²) in [5.74, 6) is 0.835. The molecule has 0 saturated carbocycles. The lowest BCUT2D eigenvalue weighted by Crippen LogP contribution is -2.28. The van der Waals surface area contributed by atoms with E-state index in [9.17, 15) is 4.79 Å². The highest BCUT2D eigenvalue weighted by Gasteiger charge is 2.28. The molecule has 12 heavy (non-hydrogen) atoms. The van der Waals surface area contributed by atoms with Gasteiger partial charge in [-0.2, -0.15) is 5.10 Å². The van der Waals surface area contributed by atoms with Gasteiger partial charge in [-0.3, -0.25) is 15.3 Å². The number of hydrogen-bond acceptors (Lipinski definition) is 4. The molecular formula is C6H6N4OS. The van der Waals surface area contributed by atoms with Crippen LogP contribution in [0.3, 0.4) is 0 Å². The van der Waals surface area contributed by atoms with Gasteiger partial charge in [0.1, 0.15) is 5.82 Å². The predicted octanol–water partition coefficient (Wildman–Crippen LogP) is 0.424. The summed E-state index contributed by atoms with van der Waals surface area (Å²) < 4.78 is 0. The Balaban J connectivity index is 2.34. The van der Waals surface area contributed by atoms with Crippen LogP contribution in [0, 0.1) is 5.41 Å². The van der Waals surface area contributed by atoms with Crippen molar-refractivity contribution in [3.8, 4) is 0 Å². The summed E-state index contributed by atoms with van der Waals surface area (Å²) in [6.07, 6.45) is 1.55. The van der Waals surface area contributed by atoms with Crippen LogP contribution in [0.4, 0.5) is 5.82 Å². The van der Waals surface area contributed by atoms with Crippen LogP contribution in [0.15, 0.2) is 12.3 Å². The number of thioether (sulfide) groups is 1. The molecule has 0 bridgehead atoms. The first-order valence-electron chi connectivity index (χ1n) is 3.33. The second kappa shape index (κ2) is 2.63. The number of carbonyl (C=O) groups is 1. The van der Waals surface area contributed by atoms with Gasteiger partial charge in [-0.05, 0) is 0 Å². The fourth-order valence-corrected chi connectivity index (χ4v) is 1.71. The number of nitrogens with one attached hydrogen (secondary N) is 2. The van der Waals surface area contributed by atoms with Crippen molar-refractivity contribution in [3.05, 3.63) is 12.3 Å². The van der Waals surface area contributed by atoms with Gasteiger partial charge in [0.05, 0.1) is 11.9 Å². The van der Waals surface area contributed by atoms with Crippen LogP contribution in [0.5, 0.6) is 0 Å². The number of aromatic nitrogens is 2. The summed E-state index contributed by atoms with van der Waals surface area (Å²) in [5, 5.41) is 14.0. The summed E-state index contributed by atoms with van der Waals surface area (Å²) in [6.45, 7) is 0. The Morgan fingerprint density at radius 3 is 3.08 bits per heavy atom. The molecule has 6 heteroatoms. The van der Waals surface area contributed by atoms with Crippen molar-refractivity contribution in [1.82, 2.24) is 10.2 Å². The smallest absolute Gasteiger partial charge is 0.244 e. The lowest BCUT2D eigenvalue weighted by atomic mass is 10.5. The molecule has 0 atom stereocenters. The van der Waals surface area contributed by atoms with Gasteiger partial charge in [0.25, 0.3) is 0 Å². The van der Waals surface area contributed by atoms with Crippen molar-refractivity contribution in [2.45, 2.75) is 0 Å². The molecule has 1 aromatic heterocycles. The molecule has 1 aliphatic rings. The second-order valence-corrected chi connectivity index (χ2v) is 3.23. The molecule has 2 heterocycles. The Hall–Kier alpha value is -1.30. The van der Waals surface area contributed by atoms with Gasteiger partial charge in [-0.25, -0.2) is 4.90 Å². The molecule has 0 radical (unpaired) electrons. The van der Waals surface area contributed by atoms with E-state index >= 15 is 0 Å². The van der Waals surface area contributed by atoms with Crippen molar-refractivity contribution >= 4 is 28.7 Å². The average molecular weight is 182 g/mol. The third kappa shape index (κ3) is 1.00. The average Bonchev–Trinajstić information content (AvgIpc) is 2.61. The summed E-state index contributed by atoms with van der Waals surface area (Å²) in [5.41, 5.74) is 0. The maximum Gasteiger partial charge on any atom is 0.244 e. The Morgan fingerprint density at radius 2 is 2.58 bits per heavy atom. The summed E-state index contributed by atoms with van der Waals surface area (Å²) in [4.78, 5) is 12.5. The minimum Gasteiger partial charge on any atom is -0.278 e. The van der Waals surface area contributed by atoms with Crippen LogP contribution >= 0.6 is 11.8 Å². The summed E-state index contributed by atoms with van der Waals surface area (Å²) >= 11 is 1.22. The lowest BCUT2D eigenvalue weighted by molar-refractivity contribution is -0.115. The number of hydrogen-bond donors (Lipinski definition) is 2. The van der Waals surface area contributed by atoms with Crippen LogP contribution in [-0.2, 0) is 4.79 Å². The molecule has 0 unspecified atom stereocenters. The topological polar surface area (TPSA) is 72.8 Å². The van der Waals surface area contributed by atoms with Gasteiger partial charge in [0.2, 0.25) is 5.91 Å². The van der Waals surface area contributed by atoms with Crippen molar-refractivity contribution < 1.29 is 4.79 Å². The van der Waals surface area contributed by atoms with Gasteiger partial charge in [-0.1, -0.05) is 11.8 Å². The Labute approximate surface area is 72.6 Å². The molecule has 62 valence electrons. The minimum absolute atomic E-state index is 0.0748. The van der Waals surface area contributed by atoms with E-state index in [4.69, 9.17) is 5.41 Å². The zero-order chi connectivity index (χ0) is 8.55. The zero-order valence-corrected chi connectivity index (χ0v) is 6.89. The van der Waals surface area contributed by atoms with Crippen molar-refractivity contribution in [2.75, 3.05) is 10.7 Å². The van der Waals surface area contributed by atoms with Crippen LogP contribution < -0.4 is 4.90 Å². The zero-order valence-electron chi connectivity index (χ0n) is 6.07. The minimum atomic E-state index is -0.0748. The fraction of sp³-hybridized carbons (Fsp3) is 0.167. The van der Waals surface area contributed by atoms with E-state index in [1.54, 1.807) is 12.3 Å². The first-order valence-corrected chi connectivity index (χ1v) is 4.31. The molecule has 1 aromatic rings. The van der Waals surface area contributed by atoms with E-state index in [1.807, 2.05) is 0 Å². The largest absolute Gasteiger partial charge is 0.278 e. The summed E-state index contributed by atoms with van der Waals surface area (Å²) in [7, 11) is 0. The van der Waals surface area contributed by atoms with E-state index in [2.05, 4.69) is 10.2 Å².